The molecule has 66 heavy (non-hydrogen) atoms. The van der Waals surface area contributed by atoms with E-state index in [0.29, 0.717) is 0 Å². The molecule has 0 bridgehead atoms. The fourth-order valence-electron chi connectivity index (χ4n) is 11.5. The molecule has 0 heterocycles. The Hall–Kier alpha value is -7.80. The zero-order valence-corrected chi connectivity index (χ0v) is 37.8. The zero-order chi connectivity index (χ0) is 44.3. The van der Waals surface area contributed by atoms with Crippen LogP contribution in [0.25, 0.3) is 110 Å². The molecule has 0 radical (unpaired) electrons. The minimum absolute atomic E-state index is 0.134. The molecule has 0 fully saturated rings. The van der Waals surface area contributed by atoms with Crippen molar-refractivity contribution in [3.05, 3.63) is 241 Å². The van der Waals surface area contributed by atoms with E-state index in [1.54, 1.807) is 0 Å². The van der Waals surface area contributed by atoms with Crippen LogP contribution in [-0.4, -0.2) is 0 Å². The summed E-state index contributed by atoms with van der Waals surface area (Å²) in [5, 5.41) is 7.62. The van der Waals surface area contributed by atoms with Gasteiger partial charge in [0, 0.05) is 10.8 Å². The van der Waals surface area contributed by atoms with Gasteiger partial charge in [-0.25, -0.2) is 0 Å². The molecule has 0 amide bonds. The van der Waals surface area contributed by atoms with Gasteiger partial charge in [0.05, 0.1) is 0 Å². The Morgan fingerprint density at radius 2 is 0.530 bits per heavy atom. The Morgan fingerprint density at radius 3 is 1.02 bits per heavy atom. The molecule has 0 saturated carbocycles. The third kappa shape index (κ3) is 5.98. The summed E-state index contributed by atoms with van der Waals surface area (Å²) < 4.78 is 0. The highest BCUT2D eigenvalue weighted by molar-refractivity contribution is 5.98. The highest BCUT2D eigenvalue weighted by Gasteiger charge is 2.38. The van der Waals surface area contributed by atoms with Crippen molar-refractivity contribution < 1.29 is 0 Å². The molecule has 0 spiro atoms. The quantitative estimate of drug-likeness (QED) is 0.162. The van der Waals surface area contributed by atoms with E-state index in [-0.39, 0.29) is 10.8 Å². The van der Waals surface area contributed by atoms with Gasteiger partial charge in [0.1, 0.15) is 0 Å². The fourth-order valence-corrected chi connectivity index (χ4v) is 11.5. The second-order valence-electron chi connectivity index (χ2n) is 19.7. The normalized spacial score (nSPS) is 14.0. The molecular weight excluding hydrogens is 793 g/mol. The van der Waals surface area contributed by atoms with Gasteiger partial charge in [-0.2, -0.15) is 0 Å². The first-order valence-corrected chi connectivity index (χ1v) is 23.4. The van der Waals surface area contributed by atoms with E-state index in [1.807, 2.05) is 0 Å². The Kier molecular flexibility index (Phi) is 8.40. The number of benzene rings is 11. The first-order chi connectivity index (χ1) is 32.2. The number of rotatable bonds is 5. The van der Waals surface area contributed by atoms with Gasteiger partial charge >= 0.3 is 0 Å². The number of fused-ring (bicyclic) bond motifs is 9. The second-order valence-corrected chi connectivity index (χ2v) is 19.7. The van der Waals surface area contributed by atoms with Crippen molar-refractivity contribution in [2.45, 2.75) is 38.5 Å². The molecule has 2 aliphatic rings. The summed E-state index contributed by atoms with van der Waals surface area (Å²) in [6.45, 7) is 9.59. The van der Waals surface area contributed by atoms with E-state index in [9.17, 15) is 0 Å². The van der Waals surface area contributed by atoms with Crippen molar-refractivity contribution in [2.75, 3.05) is 0 Å². The van der Waals surface area contributed by atoms with Gasteiger partial charge in [0.25, 0.3) is 0 Å². The van der Waals surface area contributed by atoms with E-state index in [2.05, 4.69) is 246 Å². The molecule has 0 unspecified atom stereocenters. The lowest BCUT2D eigenvalue weighted by Crippen LogP contribution is -2.15. The molecule has 11 aromatic carbocycles. The summed E-state index contributed by atoms with van der Waals surface area (Å²) in [6, 6.07) is 82.0. The lowest BCUT2D eigenvalue weighted by molar-refractivity contribution is 0.660. The molecule has 2 aliphatic carbocycles. The number of hydrogen-bond donors (Lipinski definition) is 0. The summed E-state index contributed by atoms with van der Waals surface area (Å²) >= 11 is 0. The van der Waals surface area contributed by atoms with Gasteiger partial charge in [0.2, 0.25) is 0 Å². The summed E-state index contributed by atoms with van der Waals surface area (Å²) in [6.07, 6.45) is 0. The van der Waals surface area contributed by atoms with Crippen LogP contribution < -0.4 is 0 Å². The van der Waals surface area contributed by atoms with Crippen molar-refractivity contribution in [1.29, 1.82) is 0 Å². The molecule has 13 rings (SSSR count). The minimum Gasteiger partial charge on any atom is -0.0616 e. The Balaban J connectivity index is 0.775. The highest BCUT2D eigenvalue weighted by atomic mass is 14.4. The van der Waals surface area contributed by atoms with Gasteiger partial charge in [-0.05, 0) is 175 Å². The van der Waals surface area contributed by atoms with Crippen LogP contribution in [0, 0.1) is 0 Å². The predicted octanol–water partition coefficient (Wildman–Crippen LogP) is 18.1. The molecule has 0 aromatic heterocycles. The van der Waals surface area contributed by atoms with Gasteiger partial charge in [-0.1, -0.05) is 204 Å². The summed E-state index contributed by atoms with van der Waals surface area (Å²) in [5.74, 6) is 0. The average Bonchev–Trinajstić information content (AvgIpc) is 3.73. The minimum atomic E-state index is -0.141. The first-order valence-electron chi connectivity index (χ1n) is 23.4. The maximum Gasteiger partial charge on any atom is 0.0159 e. The second kappa shape index (κ2) is 14.4. The van der Waals surface area contributed by atoms with Crippen molar-refractivity contribution in [1.82, 2.24) is 0 Å². The Morgan fingerprint density at radius 1 is 0.212 bits per heavy atom. The van der Waals surface area contributed by atoms with Gasteiger partial charge < -0.3 is 0 Å². The van der Waals surface area contributed by atoms with Crippen LogP contribution in [0.15, 0.2) is 218 Å². The van der Waals surface area contributed by atoms with Crippen molar-refractivity contribution in [2.24, 2.45) is 0 Å². The average molecular weight is 841 g/mol. The van der Waals surface area contributed by atoms with Crippen LogP contribution in [0.3, 0.4) is 0 Å². The van der Waals surface area contributed by atoms with Gasteiger partial charge in [0.15, 0.2) is 0 Å². The standard InChI is InChI=1S/C66H48/c1-65(2)61-37-51(42-16-19-44(20-17-42)56-15-9-13-43-11-7-8-14-55(43)56)26-30-57(61)59-32-28-53(39-63(59)65)54-29-33-60-58-31-27-52(38-62(58)66(3,4)64(60)40-54)50-25-24-48-35-47(22-23-49(48)36-50)46-21-18-41-10-5-6-12-45(41)34-46/h5-40H,1-4H3. The SMILES string of the molecule is CC1(C)c2cc(-c3ccc(-c4cccc5ccccc45)cc3)ccc2-c2ccc(-c3ccc4c(c3)C(C)(C)c3cc(-c5ccc6cc(-c7ccc8ccccc8c7)ccc6c5)ccc3-4)cc21. The molecule has 0 atom stereocenters. The Labute approximate surface area is 387 Å². The fraction of sp³-hybridized carbons (Fsp3) is 0.0909. The first kappa shape index (κ1) is 38.6. The molecular formula is C66H48. The molecule has 312 valence electrons. The lowest BCUT2D eigenvalue weighted by Gasteiger charge is -2.24. The van der Waals surface area contributed by atoms with E-state index >= 15 is 0 Å². The van der Waals surface area contributed by atoms with Crippen LogP contribution in [-0.2, 0) is 10.8 Å². The van der Waals surface area contributed by atoms with Crippen LogP contribution >= 0.6 is 0 Å². The van der Waals surface area contributed by atoms with Crippen LogP contribution in [0.1, 0.15) is 49.9 Å². The summed E-state index contributed by atoms with van der Waals surface area (Å²) in [4.78, 5) is 0. The summed E-state index contributed by atoms with van der Waals surface area (Å²) in [7, 11) is 0. The smallest absolute Gasteiger partial charge is 0.0159 e. The zero-order valence-electron chi connectivity index (χ0n) is 37.8. The van der Waals surface area contributed by atoms with Crippen LogP contribution in [0.5, 0.6) is 0 Å². The summed E-state index contributed by atoms with van der Waals surface area (Å²) in [5.41, 5.74) is 23.2. The molecule has 0 aliphatic heterocycles. The lowest BCUT2D eigenvalue weighted by atomic mass is 9.79. The molecule has 11 aromatic rings. The van der Waals surface area contributed by atoms with Gasteiger partial charge in [-0.3, -0.25) is 0 Å². The van der Waals surface area contributed by atoms with E-state index in [4.69, 9.17) is 0 Å². The van der Waals surface area contributed by atoms with Crippen molar-refractivity contribution in [3.63, 3.8) is 0 Å². The molecule has 0 heteroatoms. The monoisotopic (exact) mass is 840 g/mol. The highest BCUT2D eigenvalue weighted by Crippen LogP contribution is 2.53. The molecule has 0 saturated heterocycles. The van der Waals surface area contributed by atoms with Crippen LogP contribution in [0.4, 0.5) is 0 Å². The number of hydrogen-bond acceptors (Lipinski definition) is 0. The predicted molar refractivity (Wildman–Crippen MR) is 281 cm³/mol. The van der Waals surface area contributed by atoms with Gasteiger partial charge in [-0.15, -0.1) is 0 Å². The maximum absolute atomic E-state index is 2.47. The van der Waals surface area contributed by atoms with Crippen molar-refractivity contribution >= 4 is 32.3 Å². The molecule has 0 nitrogen and oxygen atoms in total. The maximum atomic E-state index is 2.47. The Bertz CT molecular complexity index is 3800. The third-order valence-corrected chi connectivity index (χ3v) is 15.3. The largest absolute Gasteiger partial charge is 0.0616 e. The molecule has 0 N–H and O–H groups in total. The van der Waals surface area contributed by atoms with E-state index < -0.39 is 0 Å². The van der Waals surface area contributed by atoms with Crippen LogP contribution in [0.2, 0.25) is 0 Å². The topological polar surface area (TPSA) is 0 Å². The van der Waals surface area contributed by atoms with E-state index in [1.165, 1.54) is 132 Å². The third-order valence-electron chi connectivity index (χ3n) is 15.3. The van der Waals surface area contributed by atoms with E-state index in [0.717, 1.165) is 0 Å². The van der Waals surface area contributed by atoms with Crippen molar-refractivity contribution in [3.8, 4) is 77.9 Å².